The molecular formula is C30H37F2N7O3S. The Kier molecular flexibility index (Phi) is 10.8. The number of aromatic nitrogens is 3. The Balaban J connectivity index is 1.51. The fourth-order valence-corrected chi connectivity index (χ4v) is 6.14. The Morgan fingerprint density at radius 1 is 1.19 bits per heavy atom. The first-order valence-corrected chi connectivity index (χ1v) is 15.6. The zero-order valence-corrected chi connectivity index (χ0v) is 25.5. The molecular weight excluding hydrogens is 576 g/mol. The van der Waals surface area contributed by atoms with Crippen LogP contribution in [0.5, 0.6) is 5.75 Å². The van der Waals surface area contributed by atoms with Gasteiger partial charge in [0.05, 0.1) is 17.4 Å². The lowest BCUT2D eigenvalue weighted by atomic mass is 9.91. The van der Waals surface area contributed by atoms with E-state index in [1.807, 2.05) is 13.0 Å². The van der Waals surface area contributed by atoms with Crippen molar-refractivity contribution >= 4 is 39.3 Å². The molecule has 2 aromatic heterocycles. The third-order valence-electron chi connectivity index (χ3n) is 7.17. The molecule has 1 saturated carbocycles. The summed E-state index contributed by atoms with van der Waals surface area (Å²) < 4.78 is 58.2. The molecule has 0 aliphatic heterocycles. The molecule has 0 unspecified atom stereocenters. The van der Waals surface area contributed by atoms with E-state index in [2.05, 4.69) is 48.7 Å². The van der Waals surface area contributed by atoms with Crippen LogP contribution < -0.4 is 14.8 Å². The van der Waals surface area contributed by atoms with E-state index in [9.17, 15) is 17.2 Å². The first kappa shape index (κ1) is 32.0. The number of para-hydroxylation sites is 1. The van der Waals surface area contributed by atoms with E-state index >= 15 is 0 Å². The number of nitrogens with one attached hydrogen (secondary N) is 2. The second-order valence-electron chi connectivity index (χ2n) is 10.3. The maximum Gasteiger partial charge on any atom is 0.387 e. The number of alkyl halides is 2. The number of benzene rings is 1. The molecule has 1 aromatic carbocycles. The van der Waals surface area contributed by atoms with Crippen molar-refractivity contribution in [3.05, 3.63) is 65.8 Å². The lowest BCUT2D eigenvalue weighted by Gasteiger charge is -2.32. The summed E-state index contributed by atoms with van der Waals surface area (Å²) in [7, 11) is -0.0262. The summed E-state index contributed by atoms with van der Waals surface area (Å²) in [4.78, 5) is 19.9. The normalized spacial score (nSPS) is 18.3. The van der Waals surface area contributed by atoms with Gasteiger partial charge < -0.3 is 15.0 Å². The quantitative estimate of drug-likeness (QED) is 0.206. The van der Waals surface area contributed by atoms with Crippen LogP contribution in [0.3, 0.4) is 0 Å². The highest BCUT2D eigenvalue weighted by atomic mass is 32.2. The van der Waals surface area contributed by atoms with Crippen LogP contribution in [-0.4, -0.2) is 67.3 Å². The van der Waals surface area contributed by atoms with Crippen molar-refractivity contribution in [2.45, 2.75) is 69.5 Å². The van der Waals surface area contributed by atoms with E-state index in [4.69, 9.17) is 4.98 Å². The van der Waals surface area contributed by atoms with E-state index < -0.39 is 27.3 Å². The number of hydrogen-bond acceptors (Lipinski definition) is 9. The predicted octanol–water partition coefficient (Wildman–Crippen LogP) is 5.40. The summed E-state index contributed by atoms with van der Waals surface area (Å²) in [5.41, 5.74) is 3.06. The third kappa shape index (κ3) is 8.54. The Morgan fingerprint density at radius 3 is 2.60 bits per heavy atom. The predicted molar refractivity (Wildman–Crippen MR) is 165 cm³/mol. The van der Waals surface area contributed by atoms with E-state index in [1.165, 1.54) is 30.5 Å². The molecule has 0 atom stereocenters. The van der Waals surface area contributed by atoms with Gasteiger partial charge in [0.2, 0.25) is 5.95 Å². The Hall–Kier alpha value is -3.97. The second-order valence-corrected chi connectivity index (χ2v) is 12.0. The highest BCUT2D eigenvalue weighted by Gasteiger charge is 2.24. The van der Waals surface area contributed by atoms with Gasteiger partial charge in [-0.15, -0.1) is 0 Å². The summed E-state index contributed by atoms with van der Waals surface area (Å²) in [6.45, 7) is 0.487. The van der Waals surface area contributed by atoms with Crippen LogP contribution in [0, 0.1) is 0 Å². The van der Waals surface area contributed by atoms with Crippen LogP contribution in [0.25, 0.3) is 17.1 Å². The summed E-state index contributed by atoms with van der Waals surface area (Å²) in [6.07, 6.45) is 13.0. The molecule has 43 heavy (non-hydrogen) atoms. The van der Waals surface area contributed by atoms with Gasteiger partial charge in [-0.3, -0.25) is 4.72 Å². The van der Waals surface area contributed by atoms with E-state index in [1.54, 1.807) is 25.3 Å². The van der Waals surface area contributed by atoms with Gasteiger partial charge in [0.25, 0.3) is 10.0 Å². The van der Waals surface area contributed by atoms with Gasteiger partial charge in [-0.2, -0.15) is 8.78 Å². The average Bonchev–Trinajstić information content (AvgIpc) is 2.97. The van der Waals surface area contributed by atoms with Gasteiger partial charge in [0, 0.05) is 18.3 Å². The van der Waals surface area contributed by atoms with E-state index in [0.29, 0.717) is 29.2 Å². The number of hydrogen-bond donors (Lipinski definition) is 2. The molecule has 3 aromatic rings. The van der Waals surface area contributed by atoms with Gasteiger partial charge in [0.1, 0.15) is 22.0 Å². The molecule has 13 heteroatoms. The summed E-state index contributed by atoms with van der Waals surface area (Å²) >= 11 is 0. The number of fused-ring (bicyclic) bond motifs is 1. The fraction of sp³-hybridized carbons (Fsp3) is 0.400. The lowest BCUT2D eigenvalue weighted by Crippen LogP contribution is -2.36. The molecule has 0 spiro atoms. The molecule has 0 amide bonds. The van der Waals surface area contributed by atoms with Gasteiger partial charge in [0.15, 0.2) is 0 Å². The maximum atomic E-state index is 13.0. The molecule has 0 saturated heterocycles. The smallest absolute Gasteiger partial charge is 0.387 e. The average molecular weight is 614 g/mol. The van der Waals surface area contributed by atoms with Gasteiger partial charge in [-0.05, 0) is 89.0 Å². The Labute approximate surface area is 251 Å². The van der Waals surface area contributed by atoms with Crippen LogP contribution in [0.2, 0.25) is 0 Å². The van der Waals surface area contributed by atoms with Crippen molar-refractivity contribution in [2.75, 3.05) is 19.4 Å². The van der Waals surface area contributed by atoms with Crippen molar-refractivity contribution in [2.24, 2.45) is 4.99 Å². The number of anilines is 1. The van der Waals surface area contributed by atoms with Crippen LogP contribution in [-0.2, 0) is 16.4 Å². The molecule has 2 heterocycles. The molecule has 0 bridgehead atoms. The number of allylic oxidation sites excluding steroid dienone is 2. The van der Waals surface area contributed by atoms with Crippen molar-refractivity contribution in [1.82, 2.24) is 24.6 Å². The Morgan fingerprint density at radius 2 is 1.93 bits per heavy atom. The van der Waals surface area contributed by atoms with E-state index in [0.717, 1.165) is 49.3 Å². The summed E-state index contributed by atoms with van der Waals surface area (Å²) in [5, 5.41) is 3.50. The molecule has 10 nitrogen and oxygen atoms in total. The molecule has 2 N–H and O–H groups in total. The minimum atomic E-state index is -4.28. The summed E-state index contributed by atoms with van der Waals surface area (Å²) in [6, 6.07) is 8.02. The maximum absolute atomic E-state index is 13.0. The van der Waals surface area contributed by atoms with Crippen molar-refractivity contribution in [3.63, 3.8) is 0 Å². The van der Waals surface area contributed by atoms with Gasteiger partial charge >= 0.3 is 6.61 Å². The van der Waals surface area contributed by atoms with Crippen LogP contribution in [0.4, 0.5) is 14.7 Å². The van der Waals surface area contributed by atoms with Crippen LogP contribution in [0.1, 0.15) is 50.8 Å². The largest absolute Gasteiger partial charge is 0.433 e. The van der Waals surface area contributed by atoms with Crippen LogP contribution >= 0.6 is 0 Å². The molecule has 1 aliphatic rings. The molecule has 1 aliphatic carbocycles. The van der Waals surface area contributed by atoms with Crippen molar-refractivity contribution < 1.29 is 21.9 Å². The molecule has 230 valence electrons. The summed E-state index contributed by atoms with van der Waals surface area (Å²) in [5.74, 6) is 0.101. The first-order valence-electron chi connectivity index (χ1n) is 14.1. The van der Waals surface area contributed by atoms with Crippen molar-refractivity contribution in [1.29, 1.82) is 0 Å². The fourth-order valence-electron chi connectivity index (χ4n) is 4.99. The number of pyridine rings is 1. The van der Waals surface area contributed by atoms with Gasteiger partial charge in [-0.25, -0.2) is 28.4 Å². The minimum absolute atomic E-state index is 0.0271. The number of aliphatic imine (C=N–C) groups is 1. The monoisotopic (exact) mass is 613 g/mol. The number of ether oxygens (including phenoxy) is 1. The first-order chi connectivity index (χ1) is 20.6. The number of rotatable bonds is 12. The number of halogens is 2. The minimum Gasteiger partial charge on any atom is -0.433 e. The number of aryl methyl sites for hydroxylation is 1. The van der Waals surface area contributed by atoms with Crippen LogP contribution in [0.15, 0.2) is 64.4 Å². The zero-order valence-electron chi connectivity index (χ0n) is 24.7. The number of sulfonamides is 1. The molecule has 1 fully saturated rings. The highest BCUT2D eigenvalue weighted by molar-refractivity contribution is 7.89. The topological polar surface area (TPSA) is 122 Å². The standard InChI is InChI=1S/C30H37F2N7O3S/c1-5-20-18-22(35-24-19-34-30(37-28(20)24)36-21-14-16-23(17-15-21)39(3)4)10-9-13-27(33-6-2)38-43(40,41)26-12-8-7-11-25(26)42-29(31)32/h6-13,18-19,21,23,29,38H,5,14-17H2,1-4H3,(H,34,36,37)/b10-9+,27-13+,33-6?. The molecule has 0 radical (unpaired) electrons. The number of nitrogens with zero attached hydrogens (tertiary/aromatic N) is 5. The SMILES string of the molecule is CC=N/C(=C\C=C\c1cc(CC)c2nc(NC3CCC(N(C)C)CC3)ncc2n1)NS(=O)(=O)c1ccccc1OC(F)F. The molecule has 4 rings (SSSR count). The van der Waals surface area contributed by atoms with E-state index in [-0.39, 0.29) is 5.82 Å². The Bertz CT molecular complexity index is 1600. The third-order valence-corrected chi connectivity index (χ3v) is 8.56. The lowest BCUT2D eigenvalue weighted by molar-refractivity contribution is -0.0517. The van der Waals surface area contributed by atoms with Gasteiger partial charge in [-0.1, -0.05) is 25.1 Å². The van der Waals surface area contributed by atoms with Crippen molar-refractivity contribution in [3.8, 4) is 5.75 Å². The highest BCUT2D eigenvalue weighted by Crippen LogP contribution is 2.26. The zero-order chi connectivity index (χ0) is 31.0. The second kappa shape index (κ2) is 14.5.